The fraction of sp³-hybridized carbons (Fsp3) is 0.588. The number of hydrogen-bond acceptors (Lipinski definition) is 8. The molecule has 12 heteroatoms. The van der Waals surface area contributed by atoms with Crippen LogP contribution >= 0.6 is 0 Å². The lowest BCUT2D eigenvalue weighted by atomic mass is 10.1. The summed E-state index contributed by atoms with van der Waals surface area (Å²) in [6.45, 7) is 2.77. The molecule has 10 nitrogen and oxygen atoms in total. The van der Waals surface area contributed by atoms with Crippen molar-refractivity contribution in [1.82, 2.24) is 10.6 Å². The van der Waals surface area contributed by atoms with E-state index in [4.69, 9.17) is 16.3 Å². The average Bonchev–Trinajstić information content (AvgIpc) is 3.35. The number of hydrogen-bond donors (Lipinski definition) is 6. The minimum Gasteiger partial charge on any atom is -0.610 e. The molecule has 2 fully saturated rings. The van der Waals surface area contributed by atoms with Gasteiger partial charge in [-0.25, -0.2) is 13.6 Å². The first kappa shape index (κ1) is 22.3. The van der Waals surface area contributed by atoms with Gasteiger partial charge < -0.3 is 25.6 Å². The molecule has 0 bridgehead atoms. The molecule has 2 aliphatic heterocycles. The van der Waals surface area contributed by atoms with Gasteiger partial charge in [0.25, 0.3) is 0 Å². The Morgan fingerprint density at radius 1 is 1.45 bits per heavy atom. The van der Waals surface area contributed by atoms with Crippen LogP contribution in [0.1, 0.15) is 18.4 Å². The molecule has 29 heavy (non-hydrogen) atoms. The molecule has 0 aromatic heterocycles. The fourth-order valence-electron chi connectivity index (χ4n) is 3.84. The SMILES string of the molecule is N=C(N)c1c(N2CC[C@@H](CO)C2)ccc([S+]([O-])CN[C@@H]2CCNC2)c1S(N)(=O)=O. The van der Waals surface area contributed by atoms with Crippen molar-refractivity contribution in [1.29, 1.82) is 5.41 Å². The lowest BCUT2D eigenvalue weighted by molar-refractivity contribution is 0.238. The van der Waals surface area contributed by atoms with Crippen molar-refractivity contribution in [3.05, 3.63) is 17.7 Å². The number of primary sulfonamides is 1. The standard InChI is InChI=1S/C17H28N6O4S2/c18-17(19)15-13(23-6-4-11(8-23)9-24)1-2-14(16(15)29(20,26)27)28(25)10-22-12-3-5-21-7-12/h1-2,11-12,21-22,24H,3-10H2,(H3,18,19)(H2,20,26,27)/t11-,12-,28?/m1/s1. The zero-order valence-corrected chi connectivity index (χ0v) is 17.7. The number of nitrogens with two attached hydrogens (primary N) is 2. The summed E-state index contributed by atoms with van der Waals surface area (Å²) in [5.74, 6) is -0.323. The number of nitrogens with zero attached hydrogens (tertiary/aromatic N) is 1. The van der Waals surface area contributed by atoms with Crippen LogP contribution in [0.2, 0.25) is 0 Å². The van der Waals surface area contributed by atoms with Crippen molar-refractivity contribution < 1.29 is 18.1 Å². The summed E-state index contributed by atoms with van der Waals surface area (Å²) in [5.41, 5.74) is 6.18. The summed E-state index contributed by atoms with van der Waals surface area (Å²) in [7, 11) is -4.29. The maximum Gasteiger partial charge on any atom is 0.243 e. The molecule has 0 saturated carbocycles. The van der Waals surface area contributed by atoms with Crippen molar-refractivity contribution in [2.45, 2.75) is 28.7 Å². The third kappa shape index (κ3) is 5.02. The molecule has 0 spiro atoms. The molecule has 0 radical (unpaired) electrons. The molecule has 2 heterocycles. The number of amidine groups is 1. The van der Waals surface area contributed by atoms with Crippen LogP contribution in [0.4, 0.5) is 5.69 Å². The monoisotopic (exact) mass is 444 g/mol. The topological polar surface area (TPSA) is 181 Å². The largest absolute Gasteiger partial charge is 0.610 e. The maximum absolute atomic E-state index is 12.9. The van der Waals surface area contributed by atoms with Gasteiger partial charge in [0.05, 0.1) is 5.56 Å². The summed E-state index contributed by atoms with van der Waals surface area (Å²) in [6.07, 6.45) is 1.64. The zero-order valence-electron chi connectivity index (χ0n) is 16.1. The van der Waals surface area contributed by atoms with Crippen LogP contribution in [0.3, 0.4) is 0 Å². The predicted molar refractivity (Wildman–Crippen MR) is 112 cm³/mol. The number of anilines is 1. The maximum atomic E-state index is 12.9. The molecular formula is C17H28N6O4S2. The number of sulfonamides is 1. The van der Waals surface area contributed by atoms with Crippen LogP contribution in [-0.4, -0.2) is 68.6 Å². The Hall–Kier alpha value is -1.41. The molecule has 1 aromatic rings. The van der Waals surface area contributed by atoms with E-state index in [0.29, 0.717) is 18.8 Å². The molecule has 0 amide bonds. The predicted octanol–water partition coefficient (Wildman–Crippen LogP) is -1.55. The second kappa shape index (κ2) is 9.16. The molecule has 1 aromatic carbocycles. The Bertz CT molecular complexity index is 860. The van der Waals surface area contributed by atoms with Gasteiger partial charge in [0.2, 0.25) is 10.0 Å². The van der Waals surface area contributed by atoms with E-state index in [1.165, 1.54) is 6.07 Å². The van der Waals surface area contributed by atoms with Crippen molar-refractivity contribution in [2.24, 2.45) is 16.8 Å². The van der Waals surface area contributed by atoms with Crippen LogP contribution in [0.15, 0.2) is 21.9 Å². The molecule has 2 saturated heterocycles. The average molecular weight is 445 g/mol. The third-order valence-electron chi connectivity index (χ3n) is 5.35. The number of benzene rings is 1. The van der Waals surface area contributed by atoms with Gasteiger partial charge in [-0.1, -0.05) is 0 Å². The molecule has 0 aliphatic carbocycles. The number of nitrogen functional groups attached to an aromatic ring is 1. The van der Waals surface area contributed by atoms with Gasteiger partial charge in [0.15, 0.2) is 10.8 Å². The van der Waals surface area contributed by atoms with Crippen LogP contribution < -0.4 is 26.4 Å². The minimum absolute atomic E-state index is 0.0255. The smallest absolute Gasteiger partial charge is 0.243 e. The zero-order chi connectivity index (χ0) is 21.2. The first-order valence-corrected chi connectivity index (χ1v) is 12.3. The molecule has 3 rings (SSSR count). The summed E-state index contributed by atoms with van der Waals surface area (Å²) >= 11 is -1.69. The molecule has 2 aliphatic rings. The second-order valence-corrected chi connectivity index (χ2v) is 10.3. The molecule has 1 unspecified atom stereocenters. The fourth-order valence-corrected chi connectivity index (χ4v) is 6.39. The van der Waals surface area contributed by atoms with Gasteiger partial charge in [-0.2, -0.15) is 0 Å². The van der Waals surface area contributed by atoms with Crippen molar-refractivity contribution in [3.63, 3.8) is 0 Å². The quantitative estimate of drug-likeness (QED) is 0.158. The van der Waals surface area contributed by atoms with E-state index in [9.17, 15) is 18.1 Å². The number of aliphatic hydroxyl groups is 1. The lowest BCUT2D eigenvalue weighted by Crippen LogP contribution is -2.36. The van der Waals surface area contributed by atoms with E-state index in [2.05, 4.69) is 10.6 Å². The van der Waals surface area contributed by atoms with Gasteiger partial charge in [-0.3, -0.25) is 10.7 Å². The summed E-state index contributed by atoms with van der Waals surface area (Å²) < 4.78 is 37.8. The van der Waals surface area contributed by atoms with E-state index in [1.807, 2.05) is 4.90 Å². The Kier molecular flexibility index (Phi) is 7.04. The minimum atomic E-state index is -4.29. The van der Waals surface area contributed by atoms with Crippen LogP contribution in [0.5, 0.6) is 0 Å². The van der Waals surface area contributed by atoms with Crippen molar-refractivity contribution in [3.8, 4) is 0 Å². The van der Waals surface area contributed by atoms with Crippen LogP contribution in [0.25, 0.3) is 0 Å². The first-order valence-electron chi connectivity index (χ1n) is 9.44. The third-order valence-corrected chi connectivity index (χ3v) is 7.73. The highest BCUT2D eigenvalue weighted by atomic mass is 32.2. The van der Waals surface area contributed by atoms with E-state index in [-0.39, 0.29) is 39.8 Å². The van der Waals surface area contributed by atoms with Crippen LogP contribution in [0, 0.1) is 11.3 Å². The molecule has 162 valence electrons. The highest BCUT2D eigenvalue weighted by Crippen LogP contribution is 2.34. The van der Waals surface area contributed by atoms with Gasteiger partial charge in [0, 0.05) is 55.1 Å². The summed E-state index contributed by atoms with van der Waals surface area (Å²) in [6, 6.07) is 3.29. The van der Waals surface area contributed by atoms with Gasteiger partial charge >= 0.3 is 0 Å². The number of nitrogens with one attached hydrogen (secondary N) is 3. The van der Waals surface area contributed by atoms with Gasteiger partial charge in [0.1, 0.15) is 10.7 Å². The molecule has 3 atom stereocenters. The number of aliphatic hydroxyl groups excluding tert-OH is 1. The Morgan fingerprint density at radius 2 is 2.21 bits per heavy atom. The Balaban J connectivity index is 1.98. The Labute approximate surface area is 173 Å². The normalized spacial score (nSPS) is 23.5. The Morgan fingerprint density at radius 3 is 2.76 bits per heavy atom. The van der Waals surface area contributed by atoms with E-state index >= 15 is 0 Å². The second-order valence-electron chi connectivity index (χ2n) is 7.41. The highest BCUT2D eigenvalue weighted by Gasteiger charge is 2.34. The van der Waals surface area contributed by atoms with Crippen molar-refractivity contribution >= 4 is 32.7 Å². The van der Waals surface area contributed by atoms with Crippen LogP contribution in [-0.2, 0) is 21.2 Å². The van der Waals surface area contributed by atoms with E-state index in [0.717, 1.165) is 25.9 Å². The highest BCUT2D eigenvalue weighted by molar-refractivity contribution is 7.93. The van der Waals surface area contributed by atoms with E-state index in [1.54, 1.807) is 6.07 Å². The van der Waals surface area contributed by atoms with Gasteiger partial charge in [-0.15, -0.1) is 0 Å². The lowest BCUT2D eigenvalue weighted by Gasteiger charge is -2.25. The molecular weight excluding hydrogens is 416 g/mol. The molecule has 8 N–H and O–H groups in total. The van der Waals surface area contributed by atoms with E-state index < -0.39 is 27.0 Å². The number of rotatable bonds is 8. The van der Waals surface area contributed by atoms with Crippen molar-refractivity contribution in [2.75, 3.05) is 43.6 Å². The summed E-state index contributed by atoms with van der Waals surface area (Å²) in [5, 5.41) is 29.2. The first-order chi connectivity index (χ1) is 13.7. The summed E-state index contributed by atoms with van der Waals surface area (Å²) in [4.78, 5) is 1.55. The van der Waals surface area contributed by atoms with Gasteiger partial charge in [-0.05, 0) is 31.5 Å².